The minimum atomic E-state index is -1.00. The first-order valence-electron chi connectivity index (χ1n) is 4.68. The monoisotopic (exact) mass is 318 g/mol. The van der Waals surface area contributed by atoms with Crippen LogP contribution in [-0.4, -0.2) is 27.5 Å². The first-order valence-corrected chi connectivity index (χ1v) is 7.92. The van der Waals surface area contributed by atoms with Gasteiger partial charge in [0.2, 0.25) is 0 Å². The van der Waals surface area contributed by atoms with Crippen molar-refractivity contribution < 1.29 is 9.90 Å². The zero-order chi connectivity index (χ0) is 13.1. The number of aromatic nitrogens is 2. The van der Waals surface area contributed by atoms with Crippen molar-refractivity contribution in [3.8, 4) is 0 Å². The van der Waals surface area contributed by atoms with E-state index in [0.717, 1.165) is 4.34 Å². The molecule has 0 saturated heterocycles. The van der Waals surface area contributed by atoms with E-state index < -0.39 is 5.97 Å². The Bertz CT molecular complexity index is 588. The van der Waals surface area contributed by atoms with Crippen LogP contribution in [0.1, 0.15) is 10.4 Å². The molecule has 0 atom stereocenters. The summed E-state index contributed by atoms with van der Waals surface area (Å²) in [7, 11) is 0. The Balaban J connectivity index is 2.30. The van der Waals surface area contributed by atoms with E-state index in [2.05, 4.69) is 10.2 Å². The van der Waals surface area contributed by atoms with Gasteiger partial charge in [-0.2, -0.15) is 0 Å². The van der Waals surface area contributed by atoms with Crippen molar-refractivity contribution in [3.63, 3.8) is 0 Å². The molecule has 2 aromatic rings. The van der Waals surface area contributed by atoms with Crippen LogP contribution in [0, 0.1) is 0 Å². The summed E-state index contributed by atoms with van der Waals surface area (Å²) in [6.45, 7) is 0. The molecule has 18 heavy (non-hydrogen) atoms. The number of nitrogens with zero attached hydrogens (tertiary/aromatic N) is 2. The Morgan fingerprint density at radius 1 is 1.39 bits per heavy atom. The van der Waals surface area contributed by atoms with Gasteiger partial charge in [0, 0.05) is 9.92 Å². The number of thioether (sulfide) groups is 1. The van der Waals surface area contributed by atoms with Crippen LogP contribution in [0.4, 0.5) is 0 Å². The topological polar surface area (TPSA) is 63.1 Å². The number of carboxylic acids is 1. The summed E-state index contributed by atoms with van der Waals surface area (Å²) in [5.41, 5.74) is 0.174. The van der Waals surface area contributed by atoms with Crippen molar-refractivity contribution in [1.29, 1.82) is 0 Å². The molecule has 1 aromatic carbocycles. The summed E-state index contributed by atoms with van der Waals surface area (Å²) in [6, 6.07) is 4.77. The highest BCUT2D eigenvalue weighted by Gasteiger charge is 2.14. The Labute approximate surface area is 121 Å². The third kappa shape index (κ3) is 3.17. The van der Waals surface area contributed by atoms with Gasteiger partial charge in [-0.15, -0.1) is 10.2 Å². The molecule has 1 heterocycles. The predicted octanol–water partition coefficient (Wildman–Crippen LogP) is 3.76. The average molecular weight is 319 g/mol. The predicted molar refractivity (Wildman–Crippen MR) is 74.2 cm³/mol. The third-order valence-corrected chi connectivity index (χ3v) is 5.19. The lowest BCUT2D eigenvalue weighted by atomic mass is 10.2. The number of halogens is 1. The van der Waals surface area contributed by atoms with Crippen LogP contribution in [0.25, 0.3) is 0 Å². The Kier molecular flexibility index (Phi) is 4.50. The van der Waals surface area contributed by atoms with Gasteiger partial charge in [-0.05, 0) is 24.5 Å². The van der Waals surface area contributed by atoms with Gasteiger partial charge in [-0.25, -0.2) is 4.79 Å². The first-order chi connectivity index (χ1) is 8.60. The van der Waals surface area contributed by atoms with E-state index in [1.807, 2.05) is 6.26 Å². The molecule has 1 aromatic heterocycles. The number of benzene rings is 1. The standard InChI is InChI=1S/C10H7ClN2O2S3/c1-16-9-12-13-10(18-9)17-7-3-2-5(11)4-6(7)8(14)15/h2-4H,1H3,(H,14,15). The SMILES string of the molecule is CSc1nnc(Sc2ccc(Cl)cc2C(=O)O)s1. The quantitative estimate of drug-likeness (QED) is 0.866. The van der Waals surface area contributed by atoms with Crippen molar-refractivity contribution in [2.45, 2.75) is 13.6 Å². The maximum absolute atomic E-state index is 11.1. The summed E-state index contributed by atoms with van der Waals surface area (Å²) in [5.74, 6) is -1.00. The molecule has 0 fully saturated rings. The number of hydrogen-bond donors (Lipinski definition) is 1. The molecule has 0 aliphatic carbocycles. The van der Waals surface area contributed by atoms with Crippen molar-refractivity contribution in [2.24, 2.45) is 0 Å². The molecule has 0 saturated carbocycles. The highest BCUT2D eigenvalue weighted by molar-refractivity contribution is 8.03. The maximum atomic E-state index is 11.1. The molecular weight excluding hydrogens is 312 g/mol. The van der Waals surface area contributed by atoms with Gasteiger partial charge in [0.05, 0.1) is 5.56 Å². The van der Waals surface area contributed by atoms with Crippen LogP contribution in [0.5, 0.6) is 0 Å². The lowest BCUT2D eigenvalue weighted by Crippen LogP contribution is -1.98. The number of hydrogen-bond acceptors (Lipinski definition) is 6. The van der Waals surface area contributed by atoms with E-state index in [1.54, 1.807) is 12.1 Å². The average Bonchev–Trinajstić information content (AvgIpc) is 2.79. The molecule has 1 N–H and O–H groups in total. The molecule has 2 rings (SSSR count). The molecule has 4 nitrogen and oxygen atoms in total. The third-order valence-electron chi connectivity index (χ3n) is 1.93. The Morgan fingerprint density at radius 3 is 2.72 bits per heavy atom. The van der Waals surface area contributed by atoms with E-state index in [-0.39, 0.29) is 5.56 Å². The molecule has 8 heteroatoms. The van der Waals surface area contributed by atoms with E-state index in [1.165, 1.54) is 40.9 Å². The smallest absolute Gasteiger partial charge is 0.336 e. The van der Waals surface area contributed by atoms with Crippen LogP contribution in [-0.2, 0) is 0 Å². The Morgan fingerprint density at radius 2 is 2.11 bits per heavy atom. The zero-order valence-electron chi connectivity index (χ0n) is 9.08. The van der Waals surface area contributed by atoms with Crippen LogP contribution in [0.2, 0.25) is 5.02 Å². The van der Waals surface area contributed by atoms with E-state index in [4.69, 9.17) is 16.7 Å². The summed E-state index contributed by atoms with van der Waals surface area (Å²) in [5, 5.41) is 17.5. The van der Waals surface area contributed by atoms with Crippen molar-refractivity contribution in [1.82, 2.24) is 10.2 Å². The lowest BCUT2D eigenvalue weighted by Gasteiger charge is -2.03. The van der Waals surface area contributed by atoms with Crippen molar-refractivity contribution >= 4 is 52.4 Å². The highest BCUT2D eigenvalue weighted by atomic mass is 35.5. The molecule has 94 valence electrons. The number of aromatic carboxylic acids is 1. The normalized spacial score (nSPS) is 10.6. The fourth-order valence-corrected chi connectivity index (χ4v) is 3.84. The zero-order valence-corrected chi connectivity index (χ0v) is 12.3. The van der Waals surface area contributed by atoms with E-state index >= 15 is 0 Å². The van der Waals surface area contributed by atoms with Crippen molar-refractivity contribution in [3.05, 3.63) is 28.8 Å². The van der Waals surface area contributed by atoms with Crippen LogP contribution in [0.15, 0.2) is 31.8 Å². The van der Waals surface area contributed by atoms with Gasteiger partial charge in [-0.3, -0.25) is 0 Å². The van der Waals surface area contributed by atoms with Gasteiger partial charge in [0.15, 0.2) is 8.68 Å². The van der Waals surface area contributed by atoms with Crippen molar-refractivity contribution in [2.75, 3.05) is 6.26 Å². The molecule has 0 unspecified atom stereocenters. The number of carboxylic acid groups (broad SMARTS) is 1. The lowest BCUT2D eigenvalue weighted by molar-refractivity contribution is 0.0693. The Hall–Kier alpha value is -0.760. The molecule has 0 aliphatic heterocycles. The second-order valence-electron chi connectivity index (χ2n) is 3.09. The van der Waals surface area contributed by atoms with Gasteiger partial charge in [-0.1, -0.05) is 46.5 Å². The van der Waals surface area contributed by atoms with Gasteiger partial charge >= 0.3 is 5.97 Å². The summed E-state index contributed by atoms with van der Waals surface area (Å²) >= 11 is 10.0. The van der Waals surface area contributed by atoms with Crippen LogP contribution >= 0.6 is 46.5 Å². The fourth-order valence-electron chi connectivity index (χ4n) is 1.17. The molecule has 0 amide bonds. The van der Waals surface area contributed by atoms with Crippen LogP contribution in [0.3, 0.4) is 0 Å². The molecular formula is C10H7ClN2O2S3. The summed E-state index contributed by atoms with van der Waals surface area (Å²) in [4.78, 5) is 11.7. The highest BCUT2D eigenvalue weighted by Crippen LogP contribution is 2.35. The molecule has 0 bridgehead atoms. The molecule has 0 aliphatic rings. The van der Waals surface area contributed by atoms with Gasteiger partial charge < -0.3 is 5.11 Å². The maximum Gasteiger partial charge on any atom is 0.336 e. The minimum Gasteiger partial charge on any atom is -0.478 e. The fraction of sp³-hybridized carbons (Fsp3) is 0.100. The second-order valence-corrected chi connectivity index (χ2v) is 6.84. The summed E-state index contributed by atoms with van der Waals surface area (Å²) < 4.78 is 1.56. The number of rotatable bonds is 4. The number of carbonyl (C=O) groups is 1. The molecule has 0 spiro atoms. The minimum absolute atomic E-state index is 0.174. The summed E-state index contributed by atoms with van der Waals surface area (Å²) in [6.07, 6.45) is 1.92. The second kappa shape index (κ2) is 5.92. The van der Waals surface area contributed by atoms with E-state index in [9.17, 15) is 4.79 Å². The van der Waals surface area contributed by atoms with Gasteiger partial charge in [0.25, 0.3) is 0 Å². The van der Waals surface area contributed by atoms with E-state index in [0.29, 0.717) is 14.3 Å². The molecule has 0 radical (unpaired) electrons. The largest absolute Gasteiger partial charge is 0.478 e. The first kappa shape index (κ1) is 13.7. The van der Waals surface area contributed by atoms with Crippen LogP contribution < -0.4 is 0 Å². The van der Waals surface area contributed by atoms with Gasteiger partial charge in [0.1, 0.15) is 0 Å².